The number of aliphatic carboxylic acids is 1. The standard InChI is InChI=1S/C9H19NO3/c1-7(6-13-2)3-8(5-10)4-9(11)12/h7-8H,3-6,10H2,1-2H3,(H,11,12)/t7-,8?/m0/s1. The van der Waals surface area contributed by atoms with E-state index in [1.54, 1.807) is 7.11 Å². The van der Waals surface area contributed by atoms with Gasteiger partial charge in [0.15, 0.2) is 0 Å². The van der Waals surface area contributed by atoms with E-state index < -0.39 is 5.97 Å². The van der Waals surface area contributed by atoms with Crippen LogP contribution in [0.15, 0.2) is 0 Å². The molecule has 0 saturated heterocycles. The molecule has 0 radical (unpaired) electrons. The van der Waals surface area contributed by atoms with Gasteiger partial charge in [-0.25, -0.2) is 0 Å². The predicted molar refractivity (Wildman–Crippen MR) is 50.5 cm³/mol. The summed E-state index contributed by atoms with van der Waals surface area (Å²) in [5.41, 5.74) is 5.46. The number of hydrogen-bond acceptors (Lipinski definition) is 3. The number of carbonyl (C=O) groups is 1. The zero-order valence-corrected chi connectivity index (χ0v) is 8.32. The van der Waals surface area contributed by atoms with Crippen molar-refractivity contribution in [2.24, 2.45) is 17.6 Å². The van der Waals surface area contributed by atoms with Crippen molar-refractivity contribution in [3.8, 4) is 0 Å². The van der Waals surface area contributed by atoms with Crippen molar-refractivity contribution in [2.45, 2.75) is 19.8 Å². The van der Waals surface area contributed by atoms with E-state index in [9.17, 15) is 4.79 Å². The molecular weight excluding hydrogens is 170 g/mol. The summed E-state index contributed by atoms with van der Waals surface area (Å²) in [7, 11) is 1.64. The van der Waals surface area contributed by atoms with Crippen molar-refractivity contribution < 1.29 is 14.6 Å². The molecule has 0 amide bonds. The lowest BCUT2D eigenvalue weighted by Crippen LogP contribution is -2.21. The van der Waals surface area contributed by atoms with Gasteiger partial charge in [-0.05, 0) is 24.8 Å². The van der Waals surface area contributed by atoms with Crippen LogP contribution in [0.5, 0.6) is 0 Å². The minimum absolute atomic E-state index is 0.0719. The van der Waals surface area contributed by atoms with Crippen molar-refractivity contribution in [3.63, 3.8) is 0 Å². The first-order valence-electron chi connectivity index (χ1n) is 4.51. The molecule has 4 heteroatoms. The maximum absolute atomic E-state index is 10.4. The van der Waals surface area contributed by atoms with Gasteiger partial charge in [-0.2, -0.15) is 0 Å². The molecule has 0 aromatic rings. The smallest absolute Gasteiger partial charge is 0.303 e. The second kappa shape index (κ2) is 6.86. The average molecular weight is 189 g/mol. The normalized spacial score (nSPS) is 15.3. The van der Waals surface area contributed by atoms with Crippen LogP contribution in [0, 0.1) is 11.8 Å². The molecule has 1 unspecified atom stereocenters. The average Bonchev–Trinajstić information content (AvgIpc) is 2.02. The molecule has 3 N–H and O–H groups in total. The van der Waals surface area contributed by atoms with Gasteiger partial charge in [0.1, 0.15) is 0 Å². The molecule has 0 aliphatic heterocycles. The van der Waals surface area contributed by atoms with Crippen LogP contribution in [0.4, 0.5) is 0 Å². The number of hydrogen-bond donors (Lipinski definition) is 2. The lowest BCUT2D eigenvalue weighted by molar-refractivity contribution is -0.138. The van der Waals surface area contributed by atoms with Gasteiger partial charge in [0, 0.05) is 20.1 Å². The summed E-state index contributed by atoms with van der Waals surface area (Å²) in [4.78, 5) is 10.4. The summed E-state index contributed by atoms with van der Waals surface area (Å²) in [6.07, 6.45) is 0.973. The molecule has 0 saturated carbocycles. The molecule has 0 aromatic heterocycles. The van der Waals surface area contributed by atoms with Crippen LogP contribution >= 0.6 is 0 Å². The molecule has 0 aromatic carbocycles. The topological polar surface area (TPSA) is 72.5 Å². The van der Waals surface area contributed by atoms with E-state index in [0.717, 1.165) is 6.42 Å². The van der Waals surface area contributed by atoms with E-state index in [4.69, 9.17) is 15.6 Å². The van der Waals surface area contributed by atoms with Crippen LogP contribution in [-0.4, -0.2) is 31.3 Å². The van der Waals surface area contributed by atoms with Crippen molar-refractivity contribution in [1.82, 2.24) is 0 Å². The Balaban J connectivity index is 3.75. The molecule has 78 valence electrons. The van der Waals surface area contributed by atoms with E-state index in [2.05, 4.69) is 0 Å². The number of ether oxygens (including phenoxy) is 1. The first-order chi connectivity index (χ1) is 6.10. The Hall–Kier alpha value is -0.610. The number of nitrogens with two attached hydrogens (primary N) is 1. The van der Waals surface area contributed by atoms with E-state index in [-0.39, 0.29) is 12.3 Å². The van der Waals surface area contributed by atoms with Crippen LogP contribution in [0.3, 0.4) is 0 Å². The monoisotopic (exact) mass is 189 g/mol. The largest absolute Gasteiger partial charge is 0.481 e. The summed E-state index contributed by atoms with van der Waals surface area (Å²) in [5.74, 6) is -0.333. The predicted octanol–water partition coefficient (Wildman–Crippen LogP) is 0.709. The first-order valence-corrected chi connectivity index (χ1v) is 4.51. The summed E-state index contributed by atoms with van der Waals surface area (Å²) >= 11 is 0. The molecule has 0 heterocycles. The second-order valence-electron chi connectivity index (χ2n) is 3.50. The number of methoxy groups -OCH3 is 1. The highest BCUT2D eigenvalue weighted by molar-refractivity contribution is 5.67. The molecule has 0 aliphatic carbocycles. The fourth-order valence-electron chi connectivity index (χ4n) is 1.43. The van der Waals surface area contributed by atoms with Crippen LogP contribution < -0.4 is 5.73 Å². The fraction of sp³-hybridized carbons (Fsp3) is 0.889. The van der Waals surface area contributed by atoms with Crippen molar-refractivity contribution in [2.75, 3.05) is 20.3 Å². The maximum Gasteiger partial charge on any atom is 0.303 e. The fourth-order valence-corrected chi connectivity index (χ4v) is 1.43. The number of carboxylic acid groups (broad SMARTS) is 1. The zero-order valence-electron chi connectivity index (χ0n) is 8.32. The Kier molecular flexibility index (Phi) is 6.54. The Morgan fingerprint density at radius 1 is 1.62 bits per heavy atom. The summed E-state index contributed by atoms with van der Waals surface area (Å²) in [5, 5.41) is 8.57. The lowest BCUT2D eigenvalue weighted by Gasteiger charge is -2.16. The zero-order chi connectivity index (χ0) is 10.3. The molecule has 2 atom stereocenters. The molecule has 0 bridgehead atoms. The van der Waals surface area contributed by atoms with E-state index in [0.29, 0.717) is 19.1 Å². The third kappa shape index (κ3) is 6.54. The minimum Gasteiger partial charge on any atom is -0.481 e. The van der Waals surface area contributed by atoms with Gasteiger partial charge in [-0.15, -0.1) is 0 Å². The molecular formula is C9H19NO3. The highest BCUT2D eigenvalue weighted by Crippen LogP contribution is 2.14. The molecule has 0 fully saturated rings. The summed E-state index contributed by atoms with van der Waals surface area (Å²) in [6.45, 7) is 3.13. The summed E-state index contributed by atoms with van der Waals surface area (Å²) < 4.78 is 4.97. The number of carboxylic acids is 1. The van der Waals surface area contributed by atoms with Crippen LogP contribution in [0.2, 0.25) is 0 Å². The Morgan fingerprint density at radius 2 is 2.23 bits per heavy atom. The van der Waals surface area contributed by atoms with Gasteiger partial charge in [-0.1, -0.05) is 6.92 Å². The lowest BCUT2D eigenvalue weighted by atomic mass is 9.94. The highest BCUT2D eigenvalue weighted by atomic mass is 16.5. The van der Waals surface area contributed by atoms with Gasteiger partial charge in [-0.3, -0.25) is 4.79 Å². The summed E-state index contributed by atoms with van der Waals surface area (Å²) in [6, 6.07) is 0. The van der Waals surface area contributed by atoms with Crippen LogP contribution in [0.25, 0.3) is 0 Å². The second-order valence-corrected chi connectivity index (χ2v) is 3.50. The third-order valence-corrected chi connectivity index (χ3v) is 1.98. The van der Waals surface area contributed by atoms with Gasteiger partial charge in [0.2, 0.25) is 0 Å². The van der Waals surface area contributed by atoms with Crippen molar-refractivity contribution >= 4 is 5.97 Å². The minimum atomic E-state index is -0.778. The molecule has 0 rings (SSSR count). The van der Waals surface area contributed by atoms with Gasteiger partial charge in [0.05, 0.1) is 0 Å². The quantitative estimate of drug-likeness (QED) is 0.618. The first kappa shape index (κ1) is 12.4. The van der Waals surface area contributed by atoms with Gasteiger partial charge in [0.25, 0.3) is 0 Å². The van der Waals surface area contributed by atoms with E-state index >= 15 is 0 Å². The Morgan fingerprint density at radius 3 is 2.62 bits per heavy atom. The maximum atomic E-state index is 10.4. The Bertz CT molecular complexity index is 150. The molecule has 13 heavy (non-hydrogen) atoms. The third-order valence-electron chi connectivity index (χ3n) is 1.98. The van der Waals surface area contributed by atoms with E-state index in [1.807, 2.05) is 6.92 Å². The Labute approximate surface area is 79.1 Å². The SMILES string of the molecule is COC[C@@H](C)CC(CN)CC(=O)O. The van der Waals surface area contributed by atoms with Gasteiger partial charge < -0.3 is 15.6 Å². The molecule has 4 nitrogen and oxygen atoms in total. The van der Waals surface area contributed by atoms with Crippen LogP contribution in [0.1, 0.15) is 19.8 Å². The van der Waals surface area contributed by atoms with E-state index in [1.165, 1.54) is 0 Å². The van der Waals surface area contributed by atoms with Crippen LogP contribution in [-0.2, 0) is 9.53 Å². The van der Waals surface area contributed by atoms with Gasteiger partial charge >= 0.3 is 5.97 Å². The highest BCUT2D eigenvalue weighted by Gasteiger charge is 2.14. The number of rotatable bonds is 7. The van der Waals surface area contributed by atoms with Crippen molar-refractivity contribution in [3.05, 3.63) is 0 Å². The molecule has 0 aliphatic rings. The van der Waals surface area contributed by atoms with Crippen molar-refractivity contribution in [1.29, 1.82) is 0 Å². The molecule has 0 spiro atoms.